The minimum Gasteiger partial charge on any atom is -0.322 e. The predicted octanol–water partition coefficient (Wildman–Crippen LogP) is 3.93. The summed E-state index contributed by atoms with van der Waals surface area (Å²) in [7, 11) is 0. The molecule has 0 saturated carbocycles. The molecule has 5 rings (SSSR count). The Bertz CT molecular complexity index is 1260. The van der Waals surface area contributed by atoms with E-state index >= 15 is 0 Å². The Morgan fingerprint density at radius 2 is 2.10 bits per heavy atom. The molecule has 0 atom stereocenters. The molecule has 0 saturated heterocycles. The minimum atomic E-state index is -0.269. The van der Waals surface area contributed by atoms with Gasteiger partial charge in [-0.25, -0.2) is 9.50 Å². The van der Waals surface area contributed by atoms with E-state index in [1.54, 1.807) is 42.0 Å². The number of benzene rings is 1. The highest BCUT2D eigenvalue weighted by Gasteiger charge is 2.21. The fourth-order valence-electron chi connectivity index (χ4n) is 3.91. The average molecular weight is 422 g/mol. The van der Waals surface area contributed by atoms with Crippen LogP contribution >= 0.6 is 11.6 Å². The number of carbonyl (C=O) groups is 1. The largest absolute Gasteiger partial charge is 0.322 e. The van der Waals surface area contributed by atoms with E-state index in [0.29, 0.717) is 27.6 Å². The first-order valence-corrected chi connectivity index (χ1v) is 10.3. The average Bonchev–Trinajstić information content (AvgIpc) is 3.20. The van der Waals surface area contributed by atoms with E-state index in [1.807, 2.05) is 6.07 Å². The molecular weight excluding hydrogens is 402 g/mol. The van der Waals surface area contributed by atoms with Gasteiger partial charge in [-0.05, 0) is 44.0 Å². The number of anilines is 1. The summed E-state index contributed by atoms with van der Waals surface area (Å²) in [4.78, 5) is 17.3. The number of nitrogens with zero attached hydrogens (tertiary/aromatic N) is 6. The third-order valence-electron chi connectivity index (χ3n) is 5.37. The Labute approximate surface area is 177 Å². The lowest BCUT2D eigenvalue weighted by Gasteiger charge is -2.11. The number of nitrogens with one attached hydrogen (secondary N) is 1. The number of carbonyl (C=O) groups excluding carboxylic acids is 1. The zero-order valence-corrected chi connectivity index (χ0v) is 17.2. The van der Waals surface area contributed by atoms with E-state index in [2.05, 4.69) is 30.2 Å². The molecule has 152 valence electrons. The van der Waals surface area contributed by atoms with Gasteiger partial charge in [0.15, 0.2) is 11.5 Å². The molecule has 1 N–H and O–H groups in total. The van der Waals surface area contributed by atoms with E-state index in [1.165, 1.54) is 6.42 Å². The maximum Gasteiger partial charge on any atom is 0.261 e. The van der Waals surface area contributed by atoms with Crippen LogP contribution in [0.1, 0.15) is 41.1 Å². The van der Waals surface area contributed by atoms with Gasteiger partial charge in [0.05, 0.1) is 10.7 Å². The highest BCUT2D eigenvalue weighted by atomic mass is 35.5. The molecule has 0 bridgehead atoms. The molecule has 8 nitrogen and oxygen atoms in total. The van der Waals surface area contributed by atoms with Gasteiger partial charge in [0.25, 0.3) is 5.91 Å². The van der Waals surface area contributed by atoms with E-state index in [9.17, 15) is 4.79 Å². The second-order valence-corrected chi connectivity index (χ2v) is 7.81. The molecular formula is C21H20ClN7O. The van der Waals surface area contributed by atoms with Crippen molar-refractivity contribution in [3.8, 4) is 11.4 Å². The summed E-state index contributed by atoms with van der Waals surface area (Å²) >= 11 is 6.49. The number of halogens is 1. The van der Waals surface area contributed by atoms with Crippen LogP contribution in [0.25, 0.3) is 17.0 Å². The molecule has 30 heavy (non-hydrogen) atoms. The van der Waals surface area contributed by atoms with Crippen molar-refractivity contribution in [1.29, 1.82) is 0 Å². The fraction of sp³-hybridized carbons (Fsp3) is 0.286. The minimum absolute atomic E-state index is 0.269. The SMILES string of the molecule is Cc1nn2cccnc2c1C(=O)Nc1ccc(Cl)c(-c2nnc3n2CCCCC3)c1. The maximum absolute atomic E-state index is 13.0. The molecule has 0 fully saturated rings. The third-order valence-corrected chi connectivity index (χ3v) is 5.70. The number of hydrogen-bond acceptors (Lipinski definition) is 5. The van der Waals surface area contributed by atoms with Crippen molar-refractivity contribution in [2.75, 3.05) is 5.32 Å². The van der Waals surface area contributed by atoms with Crippen LogP contribution < -0.4 is 5.32 Å². The summed E-state index contributed by atoms with van der Waals surface area (Å²) in [5, 5.41) is 16.6. The molecule has 9 heteroatoms. The van der Waals surface area contributed by atoms with Crippen LogP contribution in [0.3, 0.4) is 0 Å². The molecule has 4 heterocycles. The molecule has 0 aliphatic carbocycles. The molecule has 1 aromatic carbocycles. The topological polar surface area (TPSA) is 90.0 Å². The summed E-state index contributed by atoms with van der Waals surface area (Å²) in [5.41, 5.74) is 2.96. The van der Waals surface area contributed by atoms with Gasteiger partial charge in [-0.15, -0.1) is 10.2 Å². The van der Waals surface area contributed by atoms with Gasteiger partial charge in [0.1, 0.15) is 11.4 Å². The molecule has 1 aliphatic heterocycles. The molecule has 0 spiro atoms. The van der Waals surface area contributed by atoms with Gasteiger partial charge >= 0.3 is 0 Å². The molecule has 0 unspecified atom stereocenters. The van der Waals surface area contributed by atoms with Gasteiger partial charge < -0.3 is 9.88 Å². The van der Waals surface area contributed by atoms with Gasteiger partial charge in [-0.3, -0.25) is 4.79 Å². The van der Waals surface area contributed by atoms with Gasteiger partial charge in [0, 0.05) is 36.6 Å². The van der Waals surface area contributed by atoms with Gasteiger partial charge in [-0.1, -0.05) is 18.0 Å². The normalized spacial score (nSPS) is 13.8. The molecule has 4 aromatic rings. The number of fused-ring (bicyclic) bond motifs is 2. The fourth-order valence-corrected chi connectivity index (χ4v) is 4.12. The Morgan fingerprint density at radius 3 is 3.00 bits per heavy atom. The van der Waals surface area contributed by atoms with Crippen molar-refractivity contribution < 1.29 is 4.79 Å². The smallest absolute Gasteiger partial charge is 0.261 e. The summed E-state index contributed by atoms with van der Waals surface area (Å²) in [6.45, 7) is 2.67. The van der Waals surface area contributed by atoms with Crippen molar-refractivity contribution in [2.24, 2.45) is 0 Å². The van der Waals surface area contributed by atoms with E-state index in [4.69, 9.17) is 11.6 Å². The van der Waals surface area contributed by atoms with Crippen LogP contribution in [0.5, 0.6) is 0 Å². The zero-order chi connectivity index (χ0) is 20.7. The van der Waals surface area contributed by atoms with Gasteiger partial charge in [0.2, 0.25) is 0 Å². The first kappa shape index (κ1) is 18.7. The third kappa shape index (κ3) is 3.23. The van der Waals surface area contributed by atoms with Crippen LogP contribution in [0.2, 0.25) is 5.02 Å². The molecule has 3 aromatic heterocycles. The Hall–Kier alpha value is -3.26. The number of hydrogen-bond donors (Lipinski definition) is 1. The summed E-state index contributed by atoms with van der Waals surface area (Å²) in [5.74, 6) is 1.46. The van der Waals surface area contributed by atoms with Crippen LogP contribution in [0, 0.1) is 6.92 Å². The zero-order valence-electron chi connectivity index (χ0n) is 16.5. The second-order valence-electron chi connectivity index (χ2n) is 7.40. The van der Waals surface area contributed by atoms with E-state index < -0.39 is 0 Å². The quantitative estimate of drug-likeness (QED) is 0.541. The Morgan fingerprint density at radius 1 is 1.20 bits per heavy atom. The van der Waals surface area contributed by atoms with Crippen molar-refractivity contribution in [3.63, 3.8) is 0 Å². The van der Waals surface area contributed by atoms with Crippen LogP contribution in [-0.2, 0) is 13.0 Å². The lowest BCUT2D eigenvalue weighted by molar-refractivity contribution is 0.102. The van der Waals surface area contributed by atoms with E-state index in [0.717, 1.165) is 43.0 Å². The van der Waals surface area contributed by atoms with Crippen molar-refractivity contribution >= 4 is 28.8 Å². The number of amides is 1. The summed E-state index contributed by atoms with van der Waals surface area (Å²) in [6, 6.07) is 7.16. The monoisotopic (exact) mass is 421 g/mol. The Kier molecular flexibility index (Phi) is 4.71. The van der Waals surface area contributed by atoms with Crippen molar-refractivity contribution in [3.05, 3.63) is 58.8 Å². The highest BCUT2D eigenvalue weighted by Crippen LogP contribution is 2.31. The van der Waals surface area contributed by atoms with Crippen molar-refractivity contribution in [1.82, 2.24) is 29.4 Å². The summed E-state index contributed by atoms with van der Waals surface area (Å²) < 4.78 is 3.74. The second kappa shape index (κ2) is 7.53. The summed E-state index contributed by atoms with van der Waals surface area (Å²) in [6.07, 6.45) is 7.72. The van der Waals surface area contributed by atoms with Crippen LogP contribution in [-0.4, -0.2) is 35.3 Å². The van der Waals surface area contributed by atoms with E-state index in [-0.39, 0.29) is 5.91 Å². The van der Waals surface area contributed by atoms with Gasteiger partial charge in [-0.2, -0.15) is 5.10 Å². The standard InChI is InChI=1S/C21H20ClN7O/c1-13-18(20-23-9-5-11-29(20)27-13)21(30)24-14-7-8-16(22)15(12-14)19-26-25-17-6-3-2-4-10-28(17)19/h5,7-9,11-12H,2-4,6,10H2,1H3,(H,24,30). The van der Waals surface area contributed by atoms with Crippen molar-refractivity contribution in [2.45, 2.75) is 39.2 Å². The van der Waals surface area contributed by atoms with Crippen LogP contribution in [0.4, 0.5) is 5.69 Å². The first-order chi connectivity index (χ1) is 14.6. The maximum atomic E-state index is 13.0. The lowest BCUT2D eigenvalue weighted by Crippen LogP contribution is -2.13. The highest BCUT2D eigenvalue weighted by molar-refractivity contribution is 6.33. The lowest BCUT2D eigenvalue weighted by atomic mass is 10.1. The number of aryl methyl sites for hydroxylation is 2. The number of aromatic nitrogens is 6. The molecule has 0 radical (unpaired) electrons. The number of rotatable bonds is 3. The molecule has 1 amide bonds. The molecule has 1 aliphatic rings. The first-order valence-electron chi connectivity index (χ1n) is 9.95. The van der Waals surface area contributed by atoms with Crippen LogP contribution in [0.15, 0.2) is 36.7 Å². The Balaban J connectivity index is 1.49. The predicted molar refractivity (Wildman–Crippen MR) is 114 cm³/mol.